The molecule has 4 aromatic rings. The van der Waals surface area contributed by atoms with Crippen LogP contribution in [-0.2, 0) is 16.0 Å². The Hall–Kier alpha value is -4.66. The number of nitrogens with two attached hydrogens (primary N) is 1. The van der Waals surface area contributed by atoms with Gasteiger partial charge in [0.1, 0.15) is 11.9 Å². The van der Waals surface area contributed by atoms with Gasteiger partial charge in [-0.2, -0.15) is 5.10 Å². The molecule has 2 heterocycles. The third-order valence-electron chi connectivity index (χ3n) is 5.10. The van der Waals surface area contributed by atoms with Gasteiger partial charge in [0.2, 0.25) is 5.78 Å². The lowest BCUT2D eigenvalue weighted by Crippen LogP contribution is -2.47. The number of nitrogens with one attached hydrogen (secondary N) is 1. The van der Waals surface area contributed by atoms with E-state index >= 15 is 0 Å². The van der Waals surface area contributed by atoms with Crippen molar-refractivity contribution in [1.29, 1.82) is 0 Å². The van der Waals surface area contributed by atoms with Gasteiger partial charge in [-0.15, -0.1) is 0 Å². The summed E-state index contributed by atoms with van der Waals surface area (Å²) in [5.41, 5.74) is 7.22. The molecule has 0 aliphatic heterocycles. The number of hydrogen-bond acceptors (Lipinski definition) is 5. The maximum atomic E-state index is 14.1. The van der Waals surface area contributed by atoms with E-state index < -0.39 is 29.5 Å². The topological polar surface area (TPSA) is 120 Å². The van der Waals surface area contributed by atoms with Gasteiger partial charge >= 0.3 is 0 Å². The lowest BCUT2D eigenvalue weighted by Gasteiger charge is -2.17. The van der Waals surface area contributed by atoms with Gasteiger partial charge in [-0.05, 0) is 17.7 Å². The average Bonchev–Trinajstić information content (AvgIpc) is 3.34. The largest absolute Gasteiger partial charge is 0.363 e. The molecule has 4 rings (SSSR count). The van der Waals surface area contributed by atoms with Gasteiger partial charge in [0, 0.05) is 18.2 Å². The van der Waals surface area contributed by atoms with Crippen molar-refractivity contribution < 1.29 is 18.8 Å². The van der Waals surface area contributed by atoms with E-state index in [0.717, 1.165) is 17.8 Å². The number of nitrogens with zero attached hydrogens (tertiary/aromatic N) is 3. The molecule has 3 N–H and O–H groups in total. The molecule has 2 amide bonds. The van der Waals surface area contributed by atoms with E-state index in [1.54, 1.807) is 42.6 Å². The van der Waals surface area contributed by atoms with Crippen molar-refractivity contribution in [2.45, 2.75) is 12.5 Å². The third-order valence-corrected chi connectivity index (χ3v) is 5.10. The van der Waals surface area contributed by atoms with Gasteiger partial charge in [-0.3, -0.25) is 14.4 Å². The molecular formula is C25H20FN5O3. The number of Topliss-reactive ketones (excluding diaryl/α,β-unsaturated/α-hetero) is 1. The van der Waals surface area contributed by atoms with Crippen LogP contribution in [0.2, 0.25) is 0 Å². The number of amides is 2. The minimum absolute atomic E-state index is 0.0341. The van der Waals surface area contributed by atoms with Crippen molar-refractivity contribution >= 4 is 17.6 Å². The Morgan fingerprint density at radius 1 is 1.00 bits per heavy atom. The highest BCUT2D eigenvalue weighted by Gasteiger charge is 2.27. The first-order valence-electron chi connectivity index (χ1n) is 10.4. The average molecular weight is 457 g/mol. The number of carbonyl (C=O) groups is 3. The molecule has 9 heteroatoms. The van der Waals surface area contributed by atoms with Crippen LogP contribution in [0.5, 0.6) is 0 Å². The zero-order valence-corrected chi connectivity index (χ0v) is 17.9. The smallest absolute Gasteiger partial charge is 0.287 e. The Balaban J connectivity index is 1.65. The second-order valence-corrected chi connectivity index (χ2v) is 7.48. The summed E-state index contributed by atoms with van der Waals surface area (Å²) in [6.07, 6.45) is 2.59. The lowest BCUT2D eigenvalue weighted by molar-refractivity contribution is -0.137. The summed E-state index contributed by atoms with van der Waals surface area (Å²) in [7, 11) is 0. The molecule has 0 spiro atoms. The van der Waals surface area contributed by atoms with Crippen molar-refractivity contribution in [2.75, 3.05) is 0 Å². The second kappa shape index (κ2) is 9.86. The van der Waals surface area contributed by atoms with Gasteiger partial charge in [-0.1, -0.05) is 60.7 Å². The summed E-state index contributed by atoms with van der Waals surface area (Å²) in [5, 5.41) is 6.95. The Labute approximate surface area is 194 Å². The number of primary amides is 1. The van der Waals surface area contributed by atoms with E-state index in [0.29, 0.717) is 11.3 Å². The Morgan fingerprint density at radius 3 is 2.35 bits per heavy atom. The normalized spacial score (nSPS) is 11.6. The van der Waals surface area contributed by atoms with Crippen LogP contribution >= 0.6 is 0 Å². The maximum Gasteiger partial charge on any atom is 0.287 e. The summed E-state index contributed by atoms with van der Waals surface area (Å²) < 4.78 is 15.4. The molecular weight excluding hydrogens is 437 g/mol. The summed E-state index contributed by atoms with van der Waals surface area (Å²) >= 11 is 0. The van der Waals surface area contributed by atoms with Gasteiger partial charge in [-0.25, -0.2) is 14.1 Å². The maximum absolute atomic E-state index is 14.1. The predicted octanol–water partition coefficient (Wildman–Crippen LogP) is 2.47. The SMILES string of the molecule is NC(=O)C(=O)C(Cc1ccccc1)NC(=O)c1cc(F)cnc1-n1ccc(-c2ccccc2)n1. The molecule has 170 valence electrons. The quantitative estimate of drug-likeness (QED) is 0.394. The van der Waals surface area contributed by atoms with E-state index in [-0.39, 0.29) is 17.8 Å². The highest BCUT2D eigenvalue weighted by atomic mass is 19.1. The van der Waals surface area contributed by atoms with Gasteiger partial charge < -0.3 is 11.1 Å². The van der Waals surface area contributed by atoms with Gasteiger partial charge in [0.25, 0.3) is 11.8 Å². The third kappa shape index (κ3) is 5.04. The molecule has 0 aliphatic carbocycles. The number of carbonyl (C=O) groups excluding carboxylic acids is 3. The molecule has 8 nitrogen and oxygen atoms in total. The highest BCUT2D eigenvalue weighted by Crippen LogP contribution is 2.20. The number of pyridine rings is 1. The van der Waals surface area contributed by atoms with E-state index in [4.69, 9.17) is 5.73 Å². The molecule has 0 fully saturated rings. The second-order valence-electron chi connectivity index (χ2n) is 7.48. The zero-order chi connectivity index (χ0) is 24.1. The highest BCUT2D eigenvalue weighted by molar-refractivity contribution is 6.38. The Morgan fingerprint density at radius 2 is 1.68 bits per heavy atom. The number of hydrogen-bond donors (Lipinski definition) is 2. The van der Waals surface area contributed by atoms with Crippen LogP contribution in [0.4, 0.5) is 4.39 Å². The molecule has 2 aromatic carbocycles. The Bertz CT molecular complexity index is 1340. The predicted molar refractivity (Wildman–Crippen MR) is 122 cm³/mol. The fraction of sp³-hybridized carbons (Fsp3) is 0.0800. The molecule has 1 atom stereocenters. The van der Waals surface area contributed by atoms with E-state index in [9.17, 15) is 18.8 Å². The van der Waals surface area contributed by atoms with Crippen LogP contribution in [-0.4, -0.2) is 38.4 Å². The number of rotatable bonds is 8. The zero-order valence-electron chi connectivity index (χ0n) is 17.9. The summed E-state index contributed by atoms with van der Waals surface area (Å²) in [6, 6.07) is 19.7. The fourth-order valence-corrected chi connectivity index (χ4v) is 3.45. The van der Waals surface area contributed by atoms with Gasteiger partial charge in [0.15, 0.2) is 5.82 Å². The monoisotopic (exact) mass is 457 g/mol. The first-order valence-corrected chi connectivity index (χ1v) is 10.4. The van der Waals surface area contributed by atoms with Crippen molar-refractivity contribution in [1.82, 2.24) is 20.1 Å². The molecule has 34 heavy (non-hydrogen) atoms. The number of benzene rings is 2. The van der Waals surface area contributed by atoms with E-state index in [1.807, 2.05) is 30.3 Å². The van der Waals surface area contributed by atoms with E-state index in [2.05, 4.69) is 15.4 Å². The molecule has 0 radical (unpaired) electrons. The first kappa shape index (κ1) is 22.5. The van der Waals surface area contributed by atoms with Crippen LogP contribution in [0.15, 0.2) is 85.2 Å². The minimum atomic E-state index is -1.24. The number of aromatic nitrogens is 3. The molecule has 1 unspecified atom stereocenters. The standard InChI is InChI=1S/C25H20FN5O3/c26-18-14-19(24(28-15-18)31-12-11-20(30-31)17-9-5-2-6-10-17)25(34)29-21(22(32)23(27)33)13-16-7-3-1-4-8-16/h1-12,14-15,21H,13H2,(H2,27,33)(H,29,34). The number of ketones is 1. The van der Waals surface area contributed by atoms with Crippen LogP contribution < -0.4 is 11.1 Å². The van der Waals surface area contributed by atoms with E-state index in [1.165, 1.54) is 4.68 Å². The number of halogens is 1. The van der Waals surface area contributed by atoms with Crippen LogP contribution in [0.25, 0.3) is 17.1 Å². The summed E-state index contributed by atoms with van der Waals surface area (Å²) in [6.45, 7) is 0. The molecule has 0 saturated heterocycles. The molecule has 0 bridgehead atoms. The van der Waals surface area contributed by atoms with Crippen molar-refractivity contribution in [2.24, 2.45) is 5.73 Å². The fourth-order valence-electron chi connectivity index (χ4n) is 3.45. The van der Waals surface area contributed by atoms with Crippen LogP contribution in [0.3, 0.4) is 0 Å². The molecule has 0 saturated carbocycles. The van der Waals surface area contributed by atoms with Crippen molar-refractivity contribution in [3.05, 3.63) is 102 Å². The first-order chi connectivity index (χ1) is 16.4. The molecule has 0 aliphatic rings. The van der Waals surface area contributed by atoms with Crippen molar-refractivity contribution in [3.63, 3.8) is 0 Å². The summed E-state index contributed by atoms with van der Waals surface area (Å²) in [5.74, 6) is -3.63. The van der Waals surface area contributed by atoms with Gasteiger partial charge in [0.05, 0.1) is 17.5 Å². The summed E-state index contributed by atoms with van der Waals surface area (Å²) in [4.78, 5) is 41.1. The Kier molecular flexibility index (Phi) is 6.54. The molecule has 2 aromatic heterocycles. The van der Waals surface area contributed by atoms with Crippen LogP contribution in [0, 0.1) is 5.82 Å². The van der Waals surface area contributed by atoms with Crippen LogP contribution in [0.1, 0.15) is 15.9 Å². The minimum Gasteiger partial charge on any atom is -0.363 e. The van der Waals surface area contributed by atoms with Crippen molar-refractivity contribution in [3.8, 4) is 17.1 Å². The lowest BCUT2D eigenvalue weighted by atomic mass is 10.0.